The molecule has 0 spiro atoms. The summed E-state index contributed by atoms with van der Waals surface area (Å²) in [7, 11) is -13.5. The molecule has 0 aromatic heterocycles. The summed E-state index contributed by atoms with van der Waals surface area (Å²) >= 11 is 0. The molecule has 0 saturated carbocycles. The second-order valence-corrected chi connectivity index (χ2v) is 19.6. The Kier molecular flexibility index (Phi) is 8.20. The van der Waals surface area contributed by atoms with Crippen molar-refractivity contribution in [3.05, 3.63) is 36.4 Å². The number of alkyl halides is 3. The van der Waals surface area contributed by atoms with Gasteiger partial charge < -0.3 is 32.8 Å². The van der Waals surface area contributed by atoms with Crippen LogP contribution in [-0.4, -0.2) is 54.1 Å². The lowest BCUT2D eigenvalue weighted by molar-refractivity contribution is -0.0499. The van der Waals surface area contributed by atoms with Crippen LogP contribution < -0.4 is 29.7 Å². The van der Waals surface area contributed by atoms with Crippen LogP contribution in [0.5, 0.6) is 17.2 Å². The molecule has 2 atom stereocenters. The van der Waals surface area contributed by atoms with Gasteiger partial charge in [0, 0.05) is 10.3 Å². The average molecular weight is 612 g/mol. The third kappa shape index (κ3) is 5.64. The Morgan fingerprint density at radius 3 is 1.69 bits per heavy atom. The number of hydrogen-bond acceptors (Lipinski definition) is 9. The summed E-state index contributed by atoms with van der Waals surface area (Å²) in [4.78, 5) is 0. The molecule has 2 N–H and O–H groups in total. The van der Waals surface area contributed by atoms with E-state index in [4.69, 9.17) is 9.47 Å². The summed E-state index contributed by atoms with van der Waals surface area (Å²) in [6, 6.07) is 8.69. The zero-order valence-electron chi connectivity index (χ0n) is 22.1. The van der Waals surface area contributed by atoms with E-state index in [9.17, 15) is 40.8 Å². The van der Waals surface area contributed by atoms with Gasteiger partial charge in [0.05, 0.1) is 5.30 Å². The quantitative estimate of drug-likeness (QED) is 0.231. The second-order valence-electron chi connectivity index (χ2n) is 11.0. The van der Waals surface area contributed by atoms with Crippen LogP contribution in [0.25, 0.3) is 0 Å². The maximum atomic E-state index is 13.1. The van der Waals surface area contributed by atoms with E-state index >= 15 is 0 Å². The molecule has 9 nitrogen and oxygen atoms in total. The monoisotopic (exact) mass is 612 g/mol. The molecule has 0 fully saturated rings. The van der Waals surface area contributed by atoms with Crippen LogP contribution in [0.1, 0.15) is 41.5 Å². The molecule has 0 radical (unpaired) electrons. The minimum Gasteiger partial charge on any atom is -0.485 e. The van der Waals surface area contributed by atoms with E-state index in [0.29, 0.717) is 16.5 Å². The first kappa shape index (κ1) is 31.6. The molecule has 0 aliphatic carbocycles. The highest BCUT2D eigenvalue weighted by Crippen LogP contribution is 2.63. The van der Waals surface area contributed by atoms with E-state index in [1.165, 1.54) is 12.1 Å². The first-order chi connectivity index (χ1) is 17.6. The molecule has 0 bridgehead atoms. The van der Waals surface area contributed by atoms with Gasteiger partial charge in [-0.15, -0.1) is 0 Å². The van der Waals surface area contributed by atoms with E-state index in [0.717, 1.165) is 6.07 Å². The third-order valence-electron chi connectivity index (χ3n) is 6.45. The molecular formula is C23H30BF3O9P2S. The van der Waals surface area contributed by atoms with Crippen molar-refractivity contribution in [2.45, 2.75) is 57.4 Å². The van der Waals surface area contributed by atoms with Crippen molar-refractivity contribution in [3.63, 3.8) is 0 Å². The minimum absolute atomic E-state index is 0.0770. The summed E-state index contributed by atoms with van der Waals surface area (Å²) in [6.45, 7) is 10.6. The molecule has 0 amide bonds. The van der Waals surface area contributed by atoms with Gasteiger partial charge in [0.2, 0.25) is 0 Å². The predicted molar refractivity (Wildman–Crippen MR) is 143 cm³/mol. The lowest BCUT2D eigenvalue weighted by Crippen LogP contribution is -2.42. The van der Waals surface area contributed by atoms with Crippen molar-refractivity contribution in [1.29, 1.82) is 0 Å². The van der Waals surface area contributed by atoms with E-state index in [-0.39, 0.29) is 23.7 Å². The summed E-state index contributed by atoms with van der Waals surface area (Å²) in [5.74, 6) is -0.0208. The molecule has 16 heteroatoms. The largest absolute Gasteiger partial charge is 0.534 e. The number of ether oxygens (including phenoxy) is 2. The summed E-state index contributed by atoms with van der Waals surface area (Å²) in [6.07, 6.45) is -0.0756. The Labute approximate surface area is 225 Å². The van der Waals surface area contributed by atoms with Crippen LogP contribution in [0, 0.1) is 0 Å². The Balaban J connectivity index is 0.000000223. The summed E-state index contributed by atoms with van der Waals surface area (Å²) in [5, 5.41) is 17.8. The second kappa shape index (κ2) is 10.1. The van der Waals surface area contributed by atoms with E-state index in [1.54, 1.807) is 39.0 Å². The first-order valence-corrected chi connectivity index (χ1v) is 16.8. The third-order valence-corrected chi connectivity index (χ3v) is 15.1. The van der Waals surface area contributed by atoms with Gasteiger partial charge in [-0.05, 0) is 23.7 Å². The molecule has 0 saturated heterocycles. The van der Waals surface area contributed by atoms with Gasteiger partial charge in [-0.1, -0.05) is 59.7 Å². The van der Waals surface area contributed by atoms with Gasteiger partial charge in [0.15, 0.2) is 20.0 Å². The SMILES string of the molecule is CC(C)(C)[P@@]1(=O)COc2cccc(B(O)O)c21.CC(C)(C)[P@@]1(=O)COc2cccc(OS(=O)(=O)C(F)(F)F)c21. The molecule has 39 heavy (non-hydrogen) atoms. The highest BCUT2D eigenvalue weighted by Gasteiger charge is 2.52. The highest BCUT2D eigenvalue weighted by atomic mass is 32.2. The fraction of sp³-hybridized carbons (Fsp3) is 0.478. The van der Waals surface area contributed by atoms with Crippen molar-refractivity contribution in [2.75, 3.05) is 12.7 Å². The van der Waals surface area contributed by atoms with Crippen LogP contribution in [0.3, 0.4) is 0 Å². The lowest BCUT2D eigenvalue weighted by Gasteiger charge is -2.27. The number of benzene rings is 2. The highest BCUT2D eigenvalue weighted by molar-refractivity contribution is 7.88. The molecule has 4 rings (SSSR count). The van der Waals surface area contributed by atoms with Gasteiger partial charge in [-0.2, -0.15) is 21.6 Å². The topological polar surface area (TPSA) is 136 Å². The maximum absolute atomic E-state index is 13.1. The van der Waals surface area contributed by atoms with Gasteiger partial charge in [-0.3, -0.25) is 0 Å². The molecule has 2 heterocycles. The fourth-order valence-corrected chi connectivity index (χ4v) is 9.59. The van der Waals surface area contributed by atoms with Crippen LogP contribution in [0.15, 0.2) is 36.4 Å². The zero-order valence-corrected chi connectivity index (χ0v) is 24.7. The van der Waals surface area contributed by atoms with Crippen molar-refractivity contribution < 1.29 is 54.4 Å². The van der Waals surface area contributed by atoms with Gasteiger partial charge in [0.1, 0.15) is 29.5 Å². The van der Waals surface area contributed by atoms with Crippen LogP contribution >= 0.6 is 14.3 Å². The standard InChI is InChI=1S/C12H14F3O5PS.C11H16BO4P/c1-11(2,3)21(16)7-19-8-5-4-6-9(10(8)21)20-22(17,18)12(13,14)15;1-11(2,3)17(15)7-16-9-6-4-5-8(10(9)17)12(13)14/h4-6H,7H2,1-3H3;4-6,13-14H,7H2,1-3H3/t21-;17-/m11/s1. The number of halogens is 3. The minimum atomic E-state index is -5.84. The Morgan fingerprint density at radius 2 is 1.26 bits per heavy atom. The van der Waals surface area contributed by atoms with Crippen molar-refractivity contribution in [2.24, 2.45) is 0 Å². The zero-order chi connectivity index (χ0) is 29.8. The molecule has 2 aliphatic rings. The average Bonchev–Trinajstić information content (AvgIpc) is 3.33. The van der Waals surface area contributed by atoms with Crippen molar-refractivity contribution >= 4 is 47.6 Å². The maximum Gasteiger partial charge on any atom is 0.534 e. The lowest BCUT2D eigenvalue weighted by atomic mass is 9.80. The Morgan fingerprint density at radius 1 is 0.821 bits per heavy atom. The molecule has 2 aromatic rings. The van der Waals surface area contributed by atoms with Crippen LogP contribution in [-0.2, 0) is 19.2 Å². The summed E-state index contributed by atoms with van der Waals surface area (Å²) in [5.41, 5.74) is -5.28. The van der Waals surface area contributed by atoms with Crippen molar-refractivity contribution in [1.82, 2.24) is 0 Å². The van der Waals surface area contributed by atoms with E-state index < -0.39 is 53.1 Å². The van der Waals surface area contributed by atoms with E-state index in [1.807, 2.05) is 20.8 Å². The van der Waals surface area contributed by atoms with Gasteiger partial charge in [-0.25, -0.2) is 0 Å². The molecular weight excluding hydrogens is 582 g/mol. The Bertz CT molecular complexity index is 1460. The van der Waals surface area contributed by atoms with Crippen LogP contribution in [0.4, 0.5) is 13.2 Å². The fourth-order valence-electron chi connectivity index (χ4n) is 3.97. The van der Waals surface area contributed by atoms with E-state index in [2.05, 4.69) is 4.18 Å². The molecule has 2 aliphatic heterocycles. The number of hydrogen-bond donors (Lipinski definition) is 2. The normalized spacial score (nSPS) is 22.5. The smallest absolute Gasteiger partial charge is 0.485 e. The van der Waals surface area contributed by atoms with Gasteiger partial charge in [0.25, 0.3) is 0 Å². The molecule has 216 valence electrons. The predicted octanol–water partition coefficient (Wildman–Crippen LogP) is 3.56. The first-order valence-electron chi connectivity index (χ1n) is 11.6. The summed E-state index contributed by atoms with van der Waals surface area (Å²) < 4.78 is 101. The Hall–Kier alpha value is -1.98. The number of rotatable bonds is 3. The number of fused-ring (bicyclic) bond motifs is 2. The van der Waals surface area contributed by atoms with Crippen molar-refractivity contribution in [3.8, 4) is 17.2 Å². The molecule has 2 aromatic carbocycles. The molecule has 0 unspecified atom stereocenters. The van der Waals surface area contributed by atoms with Crippen LogP contribution in [0.2, 0.25) is 0 Å². The van der Waals surface area contributed by atoms with Gasteiger partial charge >= 0.3 is 22.7 Å².